The van der Waals surface area contributed by atoms with Crippen molar-refractivity contribution in [3.05, 3.63) is 29.8 Å². The fourth-order valence-corrected chi connectivity index (χ4v) is 4.07. The molecule has 3 heteroatoms. The second-order valence-electron chi connectivity index (χ2n) is 6.81. The number of hydrogen-bond donors (Lipinski definition) is 1. The monoisotopic (exact) mass is 288 g/mol. The lowest BCUT2D eigenvalue weighted by molar-refractivity contribution is 0.0415. The van der Waals surface area contributed by atoms with E-state index in [0.29, 0.717) is 11.5 Å². The van der Waals surface area contributed by atoms with Gasteiger partial charge in [0.25, 0.3) is 0 Å². The van der Waals surface area contributed by atoms with Gasteiger partial charge in [-0.15, -0.1) is 0 Å². The van der Waals surface area contributed by atoms with Gasteiger partial charge in [0.1, 0.15) is 5.75 Å². The standard InChI is InChI=1S/C18H28N2O/c1-15(16-6-3-7-17(12-16)21-2)20-11-5-9-18(14-20)8-4-10-19-13-18/h3,6-7,12,15,19H,4-5,8-11,13-14H2,1-2H3. The SMILES string of the molecule is COc1cccc(C(C)N2CCCC3(CCCNC3)C2)c1. The maximum absolute atomic E-state index is 5.37. The van der Waals surface area contributed by atoms with Crippen molar-refractivity contribution in [2.24, 2.45) is 5.41 Å². The quantitative estimate of drug-likeness (QED) is 0.924. The summed E-state index contributed by atoms with van der Waals surface area (Å²) in [4.78, 5) is 2.67. The average molecular weight is 288 g/mol. The topological polar surface area (TPSA) is 24.5 Å². The summed E-state index contributed by atoms with van der Waals surface area (Å²) in [7, 11) is 1.74. The number of methoxy groups -OCH3 is 1. The fourth-order valence-electron chi connectivity index (χ4n) is 4.07. The first-order chi connectivity index (χ1) is 10.2. The predicted octanol–water partition coefficient (Wildman–Crippen LogP) is 3.22. The predicted molar refractivity (Wildman–Crippen MR) is 86.8 cm³/mol. The van der Waals surface area contributed by atoms with Crippen LogP contribution in [-0.2, 0) is 0 Å². The molecule has 0 saturated carbocycles. The lowest BCUT2D eigenvalue weighted by atomic mass is 9.74. The van der Waals surface area contributed by atoms with Gasteiger partial charge in [0.05, 0.1) is 7.11 Å². The van der Waals surface area contributed by atoms with Gasteiger partial charge >= 0.3 is 0 Å². The van der Waals surface area contributed by atoms with Gasteiger partial charge in [-0.05, 0) is 68.8 Å². The smallest absolute Gasteiger partial charge is 0.119 e. The molecule has 21 heavy (non-hydrogen) atoms. The Morgan fingerprint density at radius 3 is 2.90 bits per heavy atom. The molecular weight excluding hydrogens is 260 g/mol. The lowest BCUT2D eigenvalue weighted by Crippen LogP contribution is -2.51. The maximum atomic E-state index is 5.37. The number of nitrogens with zero attached hydrogens (tertiary/aromatic N) is 1. The molecule has 0 bridgehead atoms. The Bertz CT molecular complexity index is 463. The summed E-state index contributed by atoms with van der Waals surface area (Å²) < 4.78 is 5.37. The number of hydrogen-bond acceptors (Lipinski definition) is 3. The molecule has 1 aromatic rings. The Morgan fingerprint density at radius 2 is 2.14 bits per heavy atom. The summed E-state index contributed by atoms with van der Waals surface area (Å²) in [5.41, 5.74) is 1.89. The zero-order chi connectivity index (χ0) is 14.7. The van der Waals surface area contributed by atoms with E-state index in [0.717, 1.165) is 5.75 Å². The van der Waals surface area contributed by atoms with Crippen LogP contribution in [0.3, 0.4) is 0 Å². The molecule has 2 fully saturated rings. The first-order valence-electron chi connectivity index (χ1n) is 8.31. The Balaban J connectivity index is 1.72. The third kappa shape index (κ3) is 3.24. The van der Waals surface area contributed by atoms with E-state index in [4.69, 9.17) is 4.74 Å². The molecule has 2 aliphatic rings. The highest BCUT2D eigenvalue weighted by Gasteiger charge is 2.37. The second kappa shape index (κ2) is 6.37. The van der Waals surface area contributed by atoms with Gasteiger partial charge in [-0.25, -0.2) is 0 Å². The van der Waals surface area contributed by atoms with Crippen LogP contribution in [0.1, 0.15) is 44.2 Å². The van der Waals surface area contributed by atoms with Gasteiger partial charge in [-0.3, -0.25) is 4.90 Å². The van der Waals surface area contributed by atoms with E-state index in [9.17, 15) is 0 Å². The molecule has 2 heterocycles. The minimum absolute atomic E-state index is 0.471. The summed E-state index contributed by atoms with van der Waals surface area (Å²) in [5.74, 6) is 0.963. The van der Waals surface area contributed by atoms with Crippen LogP contribution in [0.25, 0.3) is 0 Å². The molecule has 0 radical (unpaired) electrons. The van der Waals surface area contributed by atoms with Crippen molar-refractivity contribution in [3.63, 3.8) is 0 Å². The summed E-state index contributed by atoms with van der Waals surface area (Å²) in [6.07, 6.45) is 5.44. The van der Waals surface area contributed by atoms with Crippen LogP contribution in [0.2, 0.25) is 0 Å². The molecule has 116 valence electrons. The molecule has 0 amide bonds. The maximum Gasteiger partial charge on any atom is 0.119 e. The molecule has 2 atom stereocenters. The van der Waals surface area contributed by atoms with E-state index < -0.39 is 0 Å². The van der Waals surface area contributed by atoms with Crippen molar-refractivity contribution in [2.45, 2.75) is 38.6 Å². The van der Waals surface area contributed by atoms with Crippen molar-refractivity contribution < 1.29 is 4.74 Å². The molecule has 1 spiro atoms. The number of ether oxygens (including phenoxy) is 1. The average Bonchev–Trinajstić information content (AvgIpc) is 2.55. The van der Waals surface area contributed by atoms with Crippen molar-refractivity contribution in [1.29, 1.82) is 0 Å². The Labute approximate surface area is 128 Å². The molecule has 0 aromatic heterocycles. The number of piperidine rings is 2. The lowest BCUT2D eigenvalue weighted by Gasteiger charge is -2.47. The largest absolute Gasteiger partial charge is 0.497 e. The molecule has 2 saturated heterocycles. The van der Waals surface area contributed by atoms with Crippen molar-refractivity contribution in [3.8, 4) is 5.75 Å². The van der Waals surface area contributed by atoms with E-state index in [1.54, 1.807) is 7.11 Å². The van der Waals surface area contributed by atoms with Crippen LogP contribution in [0, 0.1) is 5.41 Å². The molecular formula is C18H28N2O. The first kappa shape index (κ1) is 14.9. The molecule has 2 unspecified atom stereocenters. The summed E-state index contributed by atoms with van der Waals surface area (Å²) in [6.45, 7) is 7.20. The molecule has 3 rings (SSSR count). The zero-order valence-corrected chi connectivity index (χ0v) is 13.4. The van der Waals surface area contributed by atoms with Crippen molar-refractivity contribution in [1.82, 2.24) is 10.2 Å². The van der Waals surface area contributed by atoms with Crippen molar-refractivity contribution >= 4 is 0 Å². The van der Waals surface area contributed by atoms with Crippen LogP contribution in [0.4, 0.5) is 0 Å². The summed E-state index contributed by atoms with van der Waals surface area (Å²) in [5, 5.41) is 3.62. The summed E-state index contributed by atoms with van der Waals surface area (Å²) >= 11 is 0. The Hall–Kier alpha value is -1.06. The number of rotatable bonds is 3. The highest BCUT2D eigenvalue weighted by molar-refractivity contribution is 5.30. The second-order valence-corrected chi connectivity index (χ2v) is 6.81. The minimum Gasteiger partial charge on any atom is -0.497 e. The molecule has 1 aromatic carbocycles. The van der Waals surface area contributed by atoms with Crippen LogP contribution >= 0.6 is 0 Å². The number of benzene rings is 1. The molecule has 0 aliphatic carbocycles. The van der Waals surface area contributed by atoms with Gasteiger partial charge in [0, 0.05) is 19.1 Å². The van der Waals surface area contributed by atoms with E-state index in [1.165, 1.54) is 57.4 Å². The van der Waals surface area contributed by atoms with Crippen molar-refractivity contribution in [2.75, 3.05) is 33.3 Å². The third-order valence-corrected chi connectivity index (χ3v) is 5.38. The van der Waals surface area contributed by atoms with Gasteiger partial charge in [0.2, 0.25) is 0 Å². The van der Waals surface area contributed by atoms with Crippen LogP contribution in [0.5, 0.6) is 5.75 Å². The Morgan fingerprint density at radius 1 is 1.29 bits per heavy atom. The summed E-state index contributed by atoms with van der Waals surface area (Å²) in [6, 6.07) is 9.02. The normalized spacial score (nSPS) is 28.5. The number of likely N-dealkylation sites (tertiary alicyclic amines) is 1. The van der Waals surface area contributed by atoms with Crippen LogP contribution in [-0.4, -0.2) is 38.2 Å². The van der Waals surface area contributed by atoms with Gasteiger partial charge in [0.15, 0.2) is 0 Å². The molecule has 1 N–H and O–H groups in total. The van der Waals surface area contributed by atoms with E-state index >= 15 is 0 Å². The highest BCUT2D eigenvalue weighted by Crippen LogP contribution is 2.39. The molecule has 2 aliphatic heterocycles. The fraction of sp³-hybridized carbons (Fsp3) is 0.667. The third-order valence-electron chi connectivity index (χ3n) is 5.38. The zero-order valence-electron chi connectivity index (χ0n) is 13.4. The van der Waals surface area contributed by atoms with E-state index in [-0.39, 0.29) is 0 Å². The van der Waals surface area contributed by atoms with Crippen LogP contribution in [0.15, 0.2) is 24.3 Å². The minimum atomic E-state index is 0.471. The van der Waals surface area contributed by atoms with Gasteiger partial charge in [-0.2, -0.15) is 0 Å². The number of nitrogens with one attached hydrogen (secondary N) is 1. The van der Waals surface area contributed by atoms with Gasteiger partial charge in [-0.1, -0.05) is 12.1 Å². The van der Waals surface area contributed by atoms with E-state index in [1.807, 2.05) is 6.07 Å². The highest BCUT2D eigenvalue weighted by atomic mass is 16.5. The van der Waals surface area contributed by atoms with E-state index in [2.05, 4.69) is 35.3 Å². The van der Waals surface area contributed by atoms with Crippen LogP contribution < -0.4 is 10.1 Å². The van der Waals surface area contributed by atoms with Gasteiger partial charge < -0.3 is 10.1 Å². The molecule has 3 nitrogen and oxygen atoms in total. The first-order valence-corrected chi connectivity index (χ1v) is 8.31. The Kier molecular flexibility index (Phi) is 4.51.